The van der Waals surface area contributed by atoms with Crippen LogP contribution in [0.3, 0.4) is 0 Å². The van der Waals surface area contributed by atoms with Crippen molar-refractivity contribution in [1.82, 2.24) is 4.90 Å². The van der Waals surface area contributed by atoms with E-state index < -0.39 is 10.8 Å². The van der Waals surface area contributed by atoms with Crippen molar-refractivity contribution in [3.8, 4) is 12.1 Å². The zero-order valence-electron chi connectivity index (χ0n) is 9.54. The Morgan fingerprint density at radius 2 is 1.95 bits per heavy atom. The molecule has 0 saturated carbocycles. The summed E-state index contributed by atoms with van der Waals surface area (Å²) >= 11 is 3.08. The molecule has 0 atom stereocenters. The molecular weight excluding hydrogens is 316 g/mol. The fourth-order valence-corrected chi connectivity index (χ4v) is 1.73. The first-order valence-corrected chi connectivity index (χ1v) is 5.77. The number of carbonyl (C=O) groups excluding carboxylic acids is 1. The predicted octanol–water partition coefficient (Wildman–Crippen LogP) is 1.85. The molecule has 0 fully saturated rings. The lowest BCUT2D eigenvalue weighted by atomic mass is 10.1. The minimum Gasteiger partial charge on any atom is -0.312 e. The number of hydrogen-bond donors (Lipinski definition) is 0. The quantitative estimate of drug-likeness (QED) is 0.477. The maximum atomic E-state index is 12.1. The van der Waals surface area contributed by atoms with Gasteiger partial charge < -0.3 is 4.90 Å². The van der Waals surface area contributed by atoms with Gasteiger partial charge in [-0.15, -0.1) is 0 Å². The molecule has 0 radical (unpaired) electrons. The number of rotatable bonds is 4. The highest BCUT2D eigenvalue weighted by Gasteiger charge is 2.24. The average Bonchev–Trinajstić information content (AvgIpc) is 2.37. The summed E-state index contributed by atoms with van der Waals surface area (Å²) in [5.74, 6) is -0.720. The van der Waals surface area contributed by atoms with Gasteiger partial charge in [-0.2, -0.15) is 10.5 Å². The first kappa shape index (κ1) is 14.6. The molecule has 0 unspecified atom stereocenters. The molecule has 0 heterocycles. The molecule has 7 nitrogen and oxygen atoms in total. The number of amides is 1. The zero-order valence-corrected chi connectivity index (χ0v) is 11.1. The summed E-state index contributed by atoms with van der Waals surface area (Å²) in [7, 11) is 0. The number of nitro benzene ring substituents is 1. The summed E-state index contributed by atoms with van der Waals surface area (Å²) in [5, 5.41) is 28.1. The van der Waals surface area contributed by atoms with E-state index in [4.69, 9.17) is 10.5 Å². The van der Waals surface area contributed by atoms with Crippen LogP contribution < -0.4 is 0 Å². The Morgan fingerprint density at radius 1 is 1.37 bits per heavy atom. The zero-order chi connectivity index (χ0) is 14.4. The SMILES string of the molecule is N#CCN(CC#N)C(=O)c1ccc(Br)cc1[N+](=O)[O-]. The first-order valence-electron chi connectivity index (χ1n) is 4.98. The van der Waals surface area contributed by atoms with Crippen LogP contribution in [-0.2, 0) is 0 Å². The van der Waals surface area contributed by atoms with Gasteiger partial charge in [-0.05, 0) is 12.1 Å². The highest BCUT2D eigenvalue weighted by molar-refractivity contribution is 9.10. The van der Waals surface area contributed by atoms with Crippen LogP contribution in [0.25, 0.3) is 0 Å². The van der Waals surface area contributed by atoms with E-state index in [1.54, 1.807) is 12.1 Å². The Morgan fingerprint density at radius 3 is 2.42 bits per heavy atom. The number of benzene rings is 1. The average molecular weight is 323 g/mol. The molecule has 19 heavy (non-hydrogen) atoms. The van der Waals surface area contributed by atoms with E-state index in [1.165, 1.54) is 18.2 Å². The molecule has 0 aromatic heterocycles. The first-order chi connectivity index (χ1) is 9.01. The summed E-state index contributed by atoms with van der Waals surface area (Å²) < 4.78 is 0.461. The van der Waals surface area contributed by atoms with Crippen LogP contribution in [0.5, 0.6) is 0 Å². The number of nitrogens with zero attached hydrogens (tertiary/aromatic N) is 4. The maximum absolute atomic E-state index is 12.1. The maximum Gasteiger partial charge on any atom is 0.283 e. The smallest absolute Gasteiger partial charge is 0.283 e. The number of halogens is 1. The second kappa shape index (κ2) is 6.47. The highest BCUT2D eigenvalue weighted by atomic mass is 79.9. The van der Waals surface area contributed by atoms with Crippen molar-refractivity contribution < 1.29 is 9.72 Å². The molecular formula is C11H7BrN4O3. The van der Waals surface area contributed by atoms with E-state index in [0.717, 1.165) is 4.90 Å². The normalized spacial score (nSPS) is 9.21. The Labute approximate surface area is 116 Å². The van der Waals surface area contributed by atoms with Crippen molar-refractivity contribution in [2.45, 2.75) is 0 Å². The molecule has 1 amide bonds. The second-order valence-corrected chi connectivity index (χ2v) is 4.31. The van der Waals surface area contributed by atoms with Gasteiger partial charge in [0, 0.05) is 10.5 Å². The molecule has 0 aliphatic carbocycles. The van der Waals surface area contributed by atoms with Gasteiger partial charge in [0.15, 0.2) is 0 Å². The van der Waals surface area contributed by atoms with Crippen molar-refractivity contribution in [2.24, 2.45) is 0 Å². The molecule has 0 aliphatic heterocycles. The number of nitro groups is 1. The second-order valence-electron chi connectivity index (χ2n) is 3.40. The molecule has 0 N–H and O–H groups in total. The van der Waals surface area contributed by atoms with E-state index in [9.17, 15) is 14.9 Å². The van der Waals surface area contributed by atoms with Gasteiger partial charge in [0.1, 0.15) is 18.7 Å². The van der Waals surface area contributed by atoms with Gasteiger partial charge in [-0.25, -0.2) is 0 Å². The van der Waals surface area contributed by atoms with E-state index in [1.807, 2.05) is 0 Å². The number of carbonyl (C=O) groups is 1. The van der Waals surface area contributed by atoms with Crippen molar-refractivity contribution in [3.63, 3.8) is 0 Å². The summed E-state index contributed by atoms with van der Waals surface area (Å²) in [5.41, 5.74) is -0.529. The van der Waals surface area contributed by atoms with Crippen molar-refractivity contribution in [1.29, 1.82) is 10.5 Å². The number of nitriles is 2. The molecule has 8 heteroatoms. The lowest BCUT2D eigenvalue weighted by molar-refractivity contribution is -0.385. The van der Waals surface area contributed by atoms with Crippen molar-refractivity contribution >= 4 is 27.5 Å². The molecule has 0 spiro atoms. The molecule has 0 bridgehead atoms. The number of hydrogen-bond acceptors (Lipinski definition) is 5. The van der Waals surface area contributed by atoms with E-state index >= 15 is 0 Å². The van der Waals surface area contributed by atoms with E-state index in [-0.39, 0.29) is 24.3 Å². The van der Waals surface area contributed by atoms with Gasteiger partial charge in [0.25, 0.3) is 11.6 Å². The van der Waals surface area contributed by atoms with Crippen molar-refractivity contribution in [2.75, 3.05) is 13.1 Å². The largest absolute Gasteiger partial charge is 0.312 e. The third-order valence-corrected chi connectivity index (χ3v) is 2.69. The van der Waals surface area contributed by atoms with Crippen LogP contribution in [0.4, 0.5) is 5.69 Å². The minimum absolute atomic E-state index is 0.154. The third kappa shape index (κ3) is 3.50. The standard InChI is InChI=1S/C11H7BrN4O3/c12-8-1-2-9(10(7-8)16(18)19)11(17)15(5-3-13)6-4-14/h1-2,7H,5-6H2. The summed E-state index contributed by atoms with van der Waals surface area (Å²) in [6.45, 7) is -0.612. The Hall–Kier alpha value is -2.45. The lowest BCUT2D eigenvalue weighted by Crippen LogP contribution is -2.32. The lowest BCUT2D eigenvalue weighted by Gasteiger charge is -2.15. The van der Waals surface area contributed by atoms with Crippen molar-refractivity contribution in [3.05, 3.63) is 38.3 Å². The topological polar surface area (TPSA) is 111 Å². The Balaban J connectivity index is 3.22. The van der Waals surface area contributed by atoms with Gasteiger partial charge in [0.05, 0.1) is 17.1 Å². The summed E-state index contributed by atoms with van der Waals surface area (Å²) in [4.78, 5) is 23.2. The van der Waals surface area contributed by atoms with Gasteiger partial charge in [-0.1, -0.05) is 15.9 Å². The van der Waals surface area contributed by atoms with Crippen LogP contribution in [0.15, 0.2) is 22.7 Å². The van der Waals surface area contributed by atoms with Crippen LogP contribution in [-0.4, -0.2) is 28.8 Å². The van der Waals surface area contributed by atoms with Gasteiger partial charge >= 0.3 is 0 Å². The predicted molar refractivity (Wildman–Crippen MR) is 67.9 cm³/mol. The van der Waals surface area contributed by atoms with E-state index in [2.05, 4.69) is 15.9 Å². The molecule has 96 valence electrons. The van der Waals surface area contributed by atoms with Crippen LogP contribution in [0.1, 0.15) is 10.4 Å². The monoisotopic (exact) mass is 322 g/mol. The molecule has 0 aliphatic rings. The van der Waals surface area contributed by atoms with E-state index in [0.29, 0.717) is 4.47 Å². The van der Waals surface area contributed by atoms with Gasteiger partial charge in [0.2, 0.25) is 0 Å². The Kier molecular flexibility index (Phi) is 4.98. The van der Waals surface area contributed by atoms with Crippen LogP contribution in [0, 0.1) is 32.8 Å². The fraction of sp³-hybridized carbons (Fsp3) is 0.182. The summed E-state index contributed by atoms with van der Waals surface area (Å²) in [6.07, 6.45) is 0. The van der Waals surface area contributed by atoms with Crippen LogP contribution in [0.2, 0.25) is 0 Å². The minimum atomic E-state index is -0.720. The third-order valence-electron chi connectivity index (χ3n) is 2.20. The highest BCUT2D eigenvalue weighted by Crippen LogP contribution is 2.24. The molecule has 1 rings (SSSR count). The fourth-order valence-electron chi connectivity index (χ4n) is 1.38. The Bertz CT molecular complexity index is 587. The van der Waals surface area contributed by atoms with Gasteiger partial charge in [-0.3, -0.25) is 14.9 Å². The molecule has 0 saturated heterocycles. The van der Waals surface area contributed by atoms with Crippen LogP contribution >= 0.6 is 15.9 Å². The summed E-state index contributed by atoms with van der Waals surface area (Å²) in [6, 6.07) is 7.44. The molecule has 1 aromatic rings. The molecule has 1 aromatic carbocycles.